The van der Waals surface area contributed by atoms with Crippen molar-refractivity contribution in [2.24, 2.45) is 0 Å². The monoisotopic (exact) mass is 299 g/mol. The Kier molecular flexibility index (Phi) is 2.96. The van der Waals surface area contributed by atoms with Crippen molar-refractivity contribution in [1.82, 2.24) is 14.8 Å². The lowest BCUT2D eigenvalue weighted by Crippen LogP contribution is -1.99. The summed E-state index contributed by atoms with van der Waals surface area (Å²) in [5.41, 5.74) is 2.77. The van der Waals surface area contributed by atoms with E-state index in [4.69, 9.17) is 0 Å². The maximum Gasteiger partial charge on any atom is 0.264 e. The molecular formula is C17H15F2N3. The summed E-state index contributed by atoms with van der Waals surface area (Å²) < 4.78 is 28.7. The second kappa shape index (κ2) is 4.87. The Labute approximate surface area is 126 Å². The highest BCUT2D eigenvalue weighted by atomic mass is 19.3. The minimum atomic E-state index is -2.52. The molecule has 0 atom stereocenters. The van der Waals surface area contributed by atoms with Crippen molar-refractivity contribution in [2.75, 3.05) is 0 Å². The first-order valence-corrected chi connectivity index (χ1v) is 7.39. The zero-order chi connectivity index (χ0) is 15.3. The summed E-state index contributed by atoms with van der Waals surface area (Å²) in [6.07, 6.45) is -0.496. The molecule has 0 amide bonds. The van der Waals surface area contributed by atoms with Gasteiger partial charge >= 0.3 is 0 Å². The van der Waals surface area contributed by atoms with E-state index < -0.39 is 6.43 Å². The summed E-state index contributed by atoms with van der Waals surface area (Å²) in [5.74, 6) is 0.287. The molecule has 1 aromatic carbocycles. The molecule has 1 fully saturated rings. The van der Waals surface area contributed by atoms with Crippen LogP contribution in [0.3, 0.4) is 0 Å². The highest BCUT2D eigenvalue weighted by Crippen LogP contribution is 2.44. The molecule has 0 saturated heterocycles. The van der Waals surface area contributed by atoms with Crippen LogP contribution in [0.2, 0.25) is 0 Å². The number of alkyl halides is 2. The Bertz CT molecular complexity index is 836. The number of benzene rings is 1. The Morgan fingerprint density at radius 1 is 1.18 bits per heavy atom. The molecule has 1 aliphatic rings. The van der Waals surface area contributed by atoms with E-state index in [1.54, 1.807) is 11.6 Å². The summed E-state index contributed by atoms with van der Waals surface area (Å²) in [6, 6.07) is 11.0. The van der Waals surface area contributed by atoms with Gasteiger partial charge < -0.3 is 0 Å². The number of nitrogens with zero attached hydrogens (tertiary/aromatic N) is 3. The van der Waals surface area contributed by atoms with Gasteiger partial charge in [0.2, 0.25) is 0 Å². The van der Waals surface area contributed by atoms with Crippen LogP contribution in [0.5, 0.6) is 0 Å². The predicted octanol–water partition coefficient (Wildman–Crippen LogP) is 4.54. The number of aromatic nitrogens is 3. The van der Waals surface area contributed by atoms with Crippen molar-refractivity contribution in [1.29, 1.82) is 0 Å². The van der Waals surface area contributed by atoms with Gasteiger partial charge in [-0.15, -0.1) is 0 Å². The molecule has 0 unspecified atom stereocenters. The van der Waals surface area contributed by atoms with Gasteiger partial charge in [0.05, 0.1) is 16.8 Å². The lowest BCUT2D eigenvalue weighted by atomic mass is 10.1. The van der Waals surface area contributed by atoms with E-state index in [1.165, 1.54) is 6.07 Å². The number of halogens is 2. The van der Waals surface area contributed by atoms with Crippen LogP contribution in [0.4, 0.5) is 8.78 Å². The summed E-state index contributed by atoms with van der Waals surface area (Å²) in [4.78, 5) is 4.49. The van der Waals surface area contributed by atoms with Gasteiger partial charge in [-0.1, -0.05) is 18.2 Å². The fraction of sp³-hybridized carbons (Fsp3) is 0.294. The third-order valence-corrected chi connectivity index (χ3v) is 4.02. The molecule has 0 radical (unpaired) electrons. The molecule has 1 aliphatic carbocycles. The van der Waals surface area contributed by atoms with Crippen molar-refractivity contribution >= 4 is 11.0 Å². The molecule has 2 aromatic heterocycles. The first-order chi connectivity index (χ1) is 10.6. The number of para-hydroxylation sites is 1. The first-order valence-electron chi connectivity index (χ1n) is 7.39. The van der Waals surface area contributed by atoms with Gasteiger partial charge in [0.1, 0.15) is 0 Å². The third-order valence-electron chi connectivity index (χ3n) is 4.02. The molecule has 0 aliphatic heterocycles. The lowest BCUT2D eigenvalue weighted by molar-refractivity contribution is 0.153. The predicted molar refractivity (Wildman–Crippen MR) is 80.5 cm³/mol. The van der Waals surface area contributed by atoms with Crippen LogP contribution in [0.15, 0.2) is 36.4 Å². The standard InChI is InChI=1S/C17H15F2N3/c1-10-9-13(16(18)19)14-15(11-7-8-11)21-22(17(14)20-10)12-5-3-2-4-6-12/h2-6,9,11,16H,7-8H2,1H3. The molecule has 1 saturated carbocycles. The molecular weight excluding hydrogens is 284 g/mol. The van der Waals surface area contributed by atoms with E-state index in [1.807, 2.05) is 30.3 Å². The smallest absolute Gasteiger partial charge is 0.233 e. The van der Waals surface area contributed by atoms with Crippen LogP contribution in [-0.2, 0) is 0 Å². The van der Waals surface area contributed by atoms with Gasteiger partial charge in [0, 0.05) is 17.2 Å². The van der Waals surface area contributed by atoms with Crippen molar-refractivity contribution in [2.45, 2.75) is 32.1 Å². The van der Waals surface area contributed by atoms with Crippen LogP contribution in [0.25, 0.3) is 16.7 Å². The number of aryl methyl sites for hydroxylation is 1. The average Bonchev–Trinajstić information content (AvgIpc) is 3.28. The number of hydrogen-bond donors (Lipinski definition) is 0. The van der Waals surface area contributed by atoms with Crippen LogP contribution in [0.1, 0.15) is 42.1 Å². The number of pyridine rings is 1. The summed E-state index contributed by atoms with van der Waals surface area (Å²) >= 11 is 0. The Morgan fingerprint density at radius 3 is 2.55 bits per heavy atom. The van der Waals surface area contributed by atoms with E-state index >= 15 is 0 Å². The molecule has 112 valence electrons. The molecule has 2 heterocycles. The van der Waals surface area contributed by atoms with Gasteiger partial charge in [-0.3, -0.25) is 0 Å². The normalized spacial score (nSPS) is 14.9. The second-order valence-corrected chi connectivity index (χ2v) is 5.76. The fourth-order valence-corrected chi connectivity index (χ4v) is 2.87. The largest absolute Gasteiger partial charge is 0.264 e. The first kappa shape index (κ1) is 13.4. The SMILES string of the molecule is Cc1cc(C(F)F)c2c(C3CC3)nn(-c3ccccc3)c2n1. The Balaban J connectivity index is 2.06. The van der Waals surface area contributed by atoms with E-state index in [0.717, 1.165) is 24.2 Å². The molecule has 4 rings (SSSR count). The van der Waals surface area contributed by atoms with Crippen molar-refractivity contribution < 1.29 is 8.78 Å². The van der Waals surface area contributed by atoms with Crippen molar-refractivity contribution in [3.8, 4) is 5.69 Å². The second-order valence-electron chi connectivity index (χ2n) is 5.76. The summed E-state index contributed by atoms with van der Waals surface area (Å²) in [5, 5.41) is 5.16. The minimum Gasteiger partial charge on any atom is -0.233 e. The van der Waals surface area contributed by atoms with Crippen molar-refractivity contribution in [3.63, 3.8) is 0 Å². The van der Waals surface area contributed by atoms with Crippen LogP contribution < -0.4 is 0 Å². The summed E-state index contributed by atoms with van der Waals surface area (Å²) in [7, 11) is 0. The van der Waals surface area contributed by atoms with E-state index in [9.17, 15) is 8.78 Å². The maximum atomic E-state index is 13.5. The minimum absolute atomic E-state index is 0.0478. The molecule has 3 nitrogen and oxygen atoms in total. The Hall–Kier alpha value is -2.30. The topological polar surface area (TPSA) is 30.7 Å². The zero-order valence-corrected chi connectivity index (χ0v) is 12.1. The van der Waals surface area contributed by atoms with Gasteiger partial charge in [-0.2, -0.15) is 5.10 Å². The summed E-state index contributed by atoms with van der Waals surface area (Å²) in [6.45, 7) is 1.74. The quantitative estimate of drug-likeness (QED) is 0.710. The number of rotatable bonds is 3. The number of hydrogen-bond acceptors (Lipinski definition) is 2. The van der Waals surface area contributed by atoms with Gasteiger partial charge in [-0.25, -0.2) is 18.4 Å². The van der Waals surface area contributed by atoms with E-state index in [-0.39, 0.29) is 11.5 Å². The van der Waals surface area contributed by atoms with E-state index in [2.05, 4.69) is 10.1 Å². The molecule has 5 heteroatoms. The van der Waals surface area contributed by atoms with Gasteiger partial charge in [0.15, 0.2) is 5.65 Å². The zero-order valence-electron chi connectivity index (χ0n) is 12.1. The number of fused-ring (bicyclic) bond motifs is 1. The molecule has 0 bridgehead atoms. The van der Waals surface area contributed by atoms with Crippen LogP contribution >= 0.6 is 0 Å². The fourth-order valence-electron chi connectivity index (χ4n) is 2.87. The van der Waals surface area contributed by atoms with Gasteiger partial charge in [0.25, 0.3) is 6.43 Å². The molecule has 0 N–H and O–H groups in total. The maximum absolute atomic E-state index is 13.5. The highest BCUT2D eigenvalue weighted by Gasteiger charge is 2.32. The van der Waals surface area contributed by atoms with Crippen LogP contribution in [-0.4, -0.2) is 14.8 Å². The third kappa shape index (κ3) is 2.08. The average molecular weight is 299 g/mol. The van der Waals surface area contributed by atoms with E-state index in [0.29, 0.717) is 16.7 Å². The molecule has 22 heavy (non-hydrogen) atoms. The van der Waals surface area contributed by atoms with Gasteiger partial charge in [-0.05, 0) is 38.0 Å². The molecule has 0 spiro atoms. The van der Waals surface area contributed by atoms with Crippen LogP contribution in [0, 0.1) is 6.92 Å². The lowest BCUT2D eigenvalue weighted by Gasteiger charge is -2.06. The molecule has 3 aromatic rings. The van der Waals surface area contributed by atoms with Crippen molar-refractivity contribution in [3.05, 3.63) is 53.3 Å². The highest BCUT2D eigenvalue weighted by molar-refractivity contribution is 5.85. The Morgan fingerprint density at radius 2 is 1.91 bits per heavy atom.